The number of likely N-dealkylation sites (tertiary alicyclic amines) is 1. The quantitative estimate of drug-likeness (QED) is 0.843. The summed E-state index contributed by atoms with van der Waals surface area (Å²) in [5.41, 5.74) is 1.18. The van der Waals surface area contributed by atoms with Gasteiger partial charge in [-0.1, -0.05) is 0 Å². The molecule has 0 bridgehead atoms. The van der Waals surface area contributed by atoms with Crippen LogP contribution in [-0.2, 0) is 16.6 Å². The Balaban J connectivity index is 1.49. The molecular formula is C14H20N2O3S. The lowest BCUT2D eigenvalue weighted by Crippen LogP contribution is -2.41. The molecule has 20 heavy (non-hydrogen) atoms. The molecule has 5 nitrogen and oxygen atoms in total. The molecule has 2 atom stereocenters. The lowest BCUT2D eigenvalue weighted by atomic mass is 10.1. The molecule has 0 N–H and O–H groups in total. The molecule has 1 saturated carbocycles. The second-order valence-corrected chi connectivity index (χ2v) is 8.33. The van der Waals surface area contributed by atoms with Gasteiger partial charge in [0.05, 0.1) is 17.8 Å². The monoisotopic (exact) mass is 296 g/mol. The van der Waals surface area contributed by atoms with Gasteiger partial charge in [-0.05, 0) is 31.7 Å². The Morgan fingerprint density at radius 2 is 1.95 bits per heavy atom. The second kappa shape index (κ2) is 4.58. The maximum absolute atomic E-state index is 12.5. The number of fused-ring (bicyclic) bond motifs is 1. The maximum atomic E-state index is 12.5. The van der Waals surface area contributed by atoms with Crippen LogP contribution in [-0.4, -0.2) is 48.0 Å². The van der Waals surface area contributed by atoms with Gasteiger partial charge in [0, 0.05) is 37.3 Å². The summed E-state index contributed by atoms with van der Waals surface area (Å²) in [6.07, 6.45) is 7.12. The topological polar surface area (TPSA) is 53.8 Å². The first-order valence-corrected chi connectivity index (χ1v) is 8.92. The molecule has 0 spiro atoms. The number of rotatable bonds is 4. The van der Waals surface area contributed by atoms with Crippen molar-refractivity contribution in [2.24, 2.45) is 0 Å². The van der Waals surface area contributed by atoms with Crippen LogP contribution in [0.5, 0.6) is 0 Å². The van der Waals surface area contributed by atoms with E-state index in [4.69, 9.17) is 4.42 Å². The van der Waals surface area contributed by atoms with Gasteiger partial charge in [-0.25, -0.2) is 8.42 Å². The molecule has 1 aromatic heterocycles. The Kier molecular flexibility index (Phi) is 2.94. The van der Waals surface area contributed by atoms with E-state index in [1.807, 2.05) is 10.4 Å². The number of hydrogen-bond acceptors (Lipinski definition) is 4. The molecule has 3 aliphatic rings. The molecular weight excluding hydrogens is 276 g/mol. The molecule has 1 aliphatic carbocycles. The van der Waals surface area contributed by atoms with Crippen molar-refractivity contribution in [3.8, 4) is 0 Å². The third kappa shape index (κ3) is 2.01. The van der Waals surface area contributed by atoms with Gasteiger partial charge in [-0.3, -0.25) is 4.90 Å². The zero-order chi connectivity index (χ0) is 13.7. The molecule has 6 heteroatoms. The minimum atomic E-state index is -3.02. The second-order valence-electron chi connectivity index (χ2n) is 6.17. The van der Waals surface area contributed by atoms with Crippen LogP contribution >= 0.6 is 0 Å². The molecule has 0 radical (unpaired) electrons. The van der Waals surface area contributed by atoms with Crippen LogP contribution in [0.1, 0.15) is 31.2 Å². The molecule has 3 fully saturated rings. The highest BCUT2D eigenvalue weighted by atomic mass is 32.2. The third-order valence-electron chi connectivity index (χ3n) is 4.88. The van der Waals surface area contributed by atoms with E-state index in [1.54, 1.807) is 12.5 Å². The largest absolute Gasteiger partial charge is 0.472 e. The van der Waals surface area contributed by atoms with E-state index in [0.717, 1.165) is 38.8 Å². The van der Waals surface area contributed by atoms with Crippen LogP contribution in [0.25, 0.3) is 0 Å². The van der Waals surface area contributed by atoms with Crippen molar-refractivity contribution in [3.63, 3.8) is 0 Å². The van der Waals surface area contributed by atoms with Crippen LogP contribution in [0.3, 0.4) is 0 Å². The Bertz CT molecular complexity index is 580. The van der Waals surface area contributed by atoms with E-state index in [1.165, 1.54) is 5.56 Å². The molecule has 3 heterocycles. The van der Waals surface area contributed by atoms with Crippen molar-refractivity contribution < 1.29 is 12.8 Å². The number of hydrogen-bond donors (Lipinski definition) is 0. The lowest BCUT2D eigenvalue weighted by Gasteiger charge is -2.25. The standard InChI is InChI=1S/C14H20N2O3S/c17-20(18,12-1-2-12)16-7-4-13-14(16)3-6-15(13)9-11-5-8-19-10-11/h5,8,10,12-14H,1-4,6-7,9H2/t13-,14-/m1/s1. The number of nitrogens with zero attached hydrogens (tertiary/aromatic N) is 2. The van der Waals surface area contributed by atoms with Crippen molar-refractivity contribution in [3.05, 3.63) is 24.2 Å². The van der Waals surface area contributed by atoms with Crippen LogP contribution in [0.4, 0.5) is 0 Å². The zero-order valence-electron chi connectivity index (χ0n) is 11.4. The zero-order valence-corrected chi connectivity index (χ0v) is 12.3. The van der Waals surface area contributed by atoms with E-state index < -0.39 is 10.0 Å². The van der Waals surface area contributed by atoms with Crippen molar-refractivity contribution >= 4 is 10.0 Å². The average Bonchev–Trinajstić information content (AvgIpc) is 2.86. The predicted molar refractivity (Wildman–Crippen MR) is 74.6 cm³/mol. The first-order valence-electron chi connectivity index (χ1n) is 7.42. The minimum absolute atomic E-state index is 0.0795. The molecule has 2 saturated heterocycles. The van der Waals surface area contributed by atoms with Gasteiger partial charge in [0.1, 0.15) is 0 Å². The minimum Gasteiger partial charge on any atom is -0.472 e. The Morgan fingerprint density at radius 3 is 2.65 bits per heavy atom. The normalized spacial score (nSPS) is 31.8. The Hall–Kier alpha value is -0.850. The van der Waals surface area contributed by atoms with Crippen molar-refractivity contribution in [2.75, 3.05) is 13.1 Å². The highest BCUT2D eigenvalue weighted by molar-refractivity contribution is 7.90. The number of sulfonamides is 1. The van der Waals surface area contributed by atoms with Crippen molar-refractivity contribution in [1.82, 2.24) is 9.21 Å². The van der Waals surface area contributed by atoms with Gasteiger partial charge in [0.2, 0.25) is 10.0 Å². The summed E-state index contributed by atoms with van der Waals surface area (Å²) in [6.45, 7) is 2.56. The number of furan rings is 1. The fourth-order valence-corrected chi connectivity index (χ4v) is 5.82. The first kappa shape index (κ1) is 12.9. The van der Waals surface area contributed by atoms with Gasteiger partial charge in [0.25, 0.3) is 0 Å². The highest BCUT2D eigenvalue weighted by Gasteiger charge is 2.50. The van der Waals surface area contributed by atoms with Crippen LogP contribution < -0.4 is 0 Å². The van der Waals surface area contributed by atoms with Crippen molar-refractivity contribution in [1.29, 1.82) is 0 Å². The SMILES string of the molecule is O=S(=O)(C1CC1)N1CC[C@@H]2[C@H]1CCN2Cc1ccoc1. The van der Waals surface area contributed by atoms with Crippen LogP contribution in [0.15, 0.2) is 23.0 Å². The summed E-state index contributed by atoms with van der Waals surface area (Å²) in [7, 11) is -3.02. The summed E-state index contributed by atoms with van der Waals surface area (Å²) in [5, 5.41) is -0.0795. The molecule has 110 valence electrons. The summed E-state index contributed by atoms with van der Waals surface area (Å²) >= 11 is 0. The van der Waals surface area contributed by atoms with E-state index in [-0.39, 0.29) is 11.3 Å². The Labute approximate surface area is 119 Å². The first-order chi connectivity index (χ1) is 9.66. The van der Waals surface area contributed by atoms with Crippen molar-refractivity contribution in [2.45, 2.75) is 49.6 Å². The molecule has 2 aliphatic heterocycles. The average molecular weight is 296 g/mol. The molecule has 0 amide bonds. The van der Waals surface area contributed by atoms with E-state index in [0.29, 0.717) is 12.6 Å². The smallest absolute Gasteiger partial charge is 0.217 e. The van der Waals surface area contributed by atoms with Gasteiger partial charge in [-0.2, -0.15) is 4.31 Å². The fourth-order valence-electron chi connectivity index (χ4n) is 3.72. The Morgan fingerprint density at radius 1 is 1.15 bits per heavy atom. The summed E-state index contributed by atoms with van der Waals surface area (Å²) in [5.74, 6) is 0. The van der Waals surface area contributed by atoms with E-state index in [2.05, 4.69) is 4.90 Å². The predicted octanol–water partition coefficient (Wildman–Crippen LogP) is 1.42. The van der Waals surface area contributed by atoms with Gasteiger partial charge >= 0.3 is 0 Å². The highest BCUT2D eigenvalue weighted by Crippen LogP contribution is 2.39. The maximum Gasteiger partial charge on any atom is 0.217 e. The van der Waals surface area contributed by atoms with E-state index >= 15 is 0 Å². The molecule has 4 rings (SSSR count). The molecule has 1 aromatic rings. The fraction of sp³-hybridized carbons (Fsp3) is 0.714. The van der Waals surface area contributed by atoms with Crippen LogP contribution in [0.2, 0.25) is 0 Å². The molecule has 0 unspecified atom stereocenters. The third-order valence-corrected chi connectivity index (χ3v) is 7.30. The van der Waals surface area contributed by atoms with Gasteiger partial charge in [0.15, 0.2) is 0 Å². The molecule has 0 aromatic carbocycles. The summed E-state index contributed by atoms with van der Waals surface area (Å²) in [4.78, 5) is 2.41. The van der Waals surface area contributed by atoms with E-state index in [9.17, 15) is 8.42 Å². The van der Waals surface area contributed by atoms with Gasteiger partial charge < -0.3 is 4.42 Å². The van der Waals surface area contributed by atoms with Crippen LogP contribution in [0, 0.1) is 0 Å². The lowest BCUT2D eigenvalue weighted by molar-refractivity contribution is 0.239. The summed E-state index contributed by atoms with van der Waals surface area (Å²) < 4.78 is 31.8. The van der Waals surface area contributed by atoms with Gasteiger partial charge in [-0.15, -0.1) is 0 Å². The summed E-state index contributed by atoms with van der Waals surface area (Å²) in [6, 6.07) is 2.58.